The van der Waals surface area contributed by atoms with Gasteiger partial charge in [0.2, 0.25) is 0 Å². The highest BCUT2D eigenvalue weighted by Gasteiger charge is 2.13. The maximum absolute atomic E-state index is 4.75. The molecule has 0 amide bonds. The molecule has 19 heavy (non-hydrogen) atoms. The van der Waals surface area contributed by atoms with Gasteiger partial charge < -0.3 is 5.32 Å². The SMILES string of the molecule is C[NH2+]Cc1cn(-c2ccccc2)nc1-c1cccs1. The van der Waals surface area contributed by atoms with Crippen molar-refractivity contribution in [2.75, 3.05) is 7.05 Å². The Balaban J connectivity index is 2.07. The number of quaternary nitrogens is 1. The largest absolute Gasteiger partial charge is 0.345 e. The molecule has 2 heterocycles. The number of hydrogen-bond acceptors (Lipinski definition) is 2. The van der Waals surface area contributed by atoms with Crippen LogP contribution in [0.1, 0.15) is 5.56 Å². The van der Waals surface area contributed by atoms with Crippen LogP contribution in [0.25, 0.3) is 16.3 Å². The zero-order valence-electron chi connectivity index (χ0n) is 10.8. The van der Waals surface area contributed by atoms with E-state index in [-0.39, 0.29) is 0 Å². The molecule has 0 fully saturated rings. The average Bonchev–Trinajstić information content (AvgIpc) is 3.09. The summed E-state index contributed by atoms with van der Waals surface area (Å²) in [7, 11) is 2.08. The van der Waals surface area contributed by atoms with Gasteiger partial charge in [0, 0.05) is 6.20 Å². The molecule has 0 aliphatic rings. The first-order valence-electron chi connectivity index (χ1n) is 6.34. The average molecular weight is 270 g/mol. The van der Waals surface area contributed by atoms with Gasteiger partial charge in [-0.2, -0.15) is 5.10 Å². The molecule has 0 aliphatic carbocycles. The number of para-hydroxylation sites is 1. The van der Waals surface area contributed by atoms with Crippen LogP contribution in [0.15, 0.2) is 54.0 Å². The molecule has 0 saturated carbocycles. The first-order chi connectivity index (χ1) is 9.38. The van der Waals surface area contributed by atoms with Crippen LogP contribution in [-0.2, 0) is 6.54 Å². The second-order valence-corrected chi connectivity index (χ2v) is 5.32. The second kappa shape index (κ2) is 5.38. The molecular formula is C15H16N3S+. The lowest BCUT2D eigenvalue weighted by atomic mass is 10.2. The first kappa shape index (κ1) is 12.1. The summed E-state index contributed by atoms with van der Waals surface area (Å²) in [5.41, 5.74) is 3.47. The lowest BCUT2D eigenvalue weighted by Gasteiger charge is -1.99. The normalized spacial score (nSPS) is 10.8. The molecule has 3 nitrogen and oxygen atoms in total. The summed E-state index contributed by atoms with van der Waals surface area (Å²) < 4.78 is 1.97. The van der Waals surface area contributed by atoms with E-state index in [1.165, 1.54) is 10.4 Å². The minimum Gasteiger partial charge on any atom is -0.345 e. The van der Waals surface area contributed by atoms with E-state index in [4.69, 9.17) is 5.10 Å². The molecule has 3 aromatic rings. The van der Waals surface area contributed by atoms with Gasteiger partial charge in [0.05, 0.1) is 23.2 Å². The second-order valence-electron chi connectivity index (χ2n) is 4.37. The Kier molecular flexibility index (Phi) is 3.44. The molecule has 0 spiro atoms. The van der Waals surface area contributed by atoms with Crippen LogP contribution >= 0.6 is 11.3 Å². The van der Waals surface area contributed by atoms with Crippen LogP contribution in [0.5, 0.6) is 0 Å². The molecule has 0 aliphatic heterocycles. The first-order valence-corrected chi connectivity index (χ1v) is 7.22. The minimum absolute atomic E-state index is 0.945. The smallest absolute Gasteiger partial charge is 0.112 e. The molecule has 1 aromatic carbocycles. The summed E-state index contributed by atoms with van der Waals surface area (Å²) in [4.78, 5) is 1.23. The van der Waals surface area contributed by atoms with Crippen molar-refractivity contribution in [2.45, 2.75) is 6.54 Å². The predicted octanol–water partition coefficient (Wildman–Crippen LogP) is 2.29. The van der Waals surface area contributed by atoms with E-state index in [0.717, 1.165) is 17.9 Å². The van der Waals surface area contributed by atoms with Crippen LogP contribution in [0.4, 0.5) is 0 Å². The molecule has 4 heteroatoms. The van der Waals surface area contributed by atoms with Crippen LogP contribution in [-0.4, -0.2) is 16.8 Å². The predicted molar refractivity (Wildman–Crippen MR) is 78.4 cm³/mol. The lowest BCUT2D eigenvalue weighted by molar-refractivity contribution is -0.643. The summed E-state index contributed by atoms with van der Waals surface area (Å²) in [6.45, 7) is 0.945. The van der Waals surface area contributed by atoms with E-state index in [1.54, 1.807) is 11.3 Å². The Hall–Kier alpha value is -1.91. The Morgan fingerprint density at radius 2 is 2.00 bits per heavy atom. The van der Waals surface area contributed by atoms with Gasteiger partial charge >= 0.3 is 0 Å². The van der Waals surface area contributed by atoms with Gasteiger partial charge in [0.15, 0.2) is 0 Å². The standard InChI is InChI=1S/C15H15N3S/c1-16-10-12-11-18(13-6-3-2-4-7-13)17-15(12)14-8-5-9-19-14/h2-9,11,16H,10H2,1H3/p+1. The van der Waals surface area contributed by atoms with E-state index >= 15 is 0 Å². The molecule has 0 atom stereocenters. The van der Waals surface area contributed by atoms with E-state index < -0.39 is 0 Å². The highest BCUT2D eigenvalue weighted by molar-refractivity contribution is 7.13. The lowest BCUT2D eigenvalue weighted by Crippen LogP contribution is -2.77. The number of nitrogens with zero attached hydrogens (tertiary/aromatic N) is 2. The van der Waals surface area contributed by atoms with Gasteiger partial charge in [-0.05, 0) is 23.6 Å². The summed E-state index contributed by atoms with van der Waals surface area (Å²) in [6, 6.07) is 14.4. The van der Waals surface area contributed by atoms with Crippen LogP contribution in [0.2, 0.25) is 0 Å². The molecule has 2 N–H and O–H groups in total. The summed E-state index contributed by atoms with van der Waals surface area (Å²) >= 11 is 1.73. The fourth-order valence-electron chi connectivity index (χ4n) is 2.11. The highest BCUT2D eigenvalue weighted by atomic mass is 32.1. The van der Waals surface area contributed by atoms with Crippen LogP contribution in [0, 0.1) is 0 Å². The Bertz CT molecular complexity index is 641. The molecule has 96 valence electrons. The maximum atomic E-state index is 4.75. The van der Waals surface area contributed by atoms with Crippen LogP contribution in [0.3, 0.4) is 0 Å². The molecular weight excluding hydrogens is 254 g/mol. The third kappa shape index (κ3) is 2.45. The van der Waals surface area contributed by atoms with Crippen molar-refractivity contribution in [1.82, 2.24) is 9.78 Å². The quantitative estimate of drug-likeness (QED) is 0.775. The topological polar surface area (TPSA) is 34.4 Å². The van der Waals surface area contributed by atoms with E-state index in [2.05, 4.69) is 48.2 Å². The number of hydrogen-bond donors (Lipinski definition) is 1. The number of rotatable bonds is 4. The molecule has 0 bridgehead atoms. The Morgan fingerprint density at radius 1 is 1.16 bits per heavy atom. The van der Waals surface area contributed by atoms with Crippen molar-refractivity contribution in [3.05, 3.63) is 59.6 Å². The number of benzene rings is 1. The fourth-order valence-corrected chi connectivity index (χ4v) is 2.86. The van der Waals surface area contributed by atoms with Crippen molar-refractivity contribution in [3.8, 4) is 16.3 Å². The van der Waals surface area contributed by atoms with Gasteiger partial charge in [-0.15, -0.1) is 11.3 Å². The van der Waals surface area contributed by atoms with E-state index in [9.17, 15) is 0 Å². The molecule has 0 radical (unpaired) electrons. The molecule has 0 unspecified atom stereocenters. The van der Waals surface area contributed by atoms with Crippen molar-refractivity contribution >= 4 is 11.3 Å². The Labute approximate surface area is 116 Å². The maximum Gasteiger partial charge on any atom is 0.112 e. The highest BCUT2D eigenvalue weighted by Crippen LogP contribution is 2.27. The molecule has 0 saturated heterocycles. The van der Waals surface area contributed by atoms with Crippen molar-refractivity contribution in [1.29, 1.82) is 0 Å². The summed E-state index contributed by atoms with van der Waals surface area (Å²) in [5.74, 6) is 0. The van der Waals surface area contributed by atoms with Gasteiger partial charge in [0.1, 0.15) is 12.2 Å². The zero-order chi connectivity index (χ0) is 13.1. The third-order valence-electron chi connectivity index (χ3n) is 2.99. The van der Waals surface area contributed by atoms with Crippen molar-refractivity contribution in [3.63, 3.8) is 0 Å². The third-order valence-corrected chi connectivity index (χ3v) is 3.87. The number of thiophene rings is 1. The zero-order valence-corrected chi connectivity index (χ0v) is 11.6. The fraction of sp³-hybridized carbons (Fsp3) is 0.133. The summed E-state index contributed by atoms with van der Waals surface area (Å²) in [5, 5.41) is 9.01. The van der Waals surface area contributed by atoms with Crippen molar-refractivity contribution < 1.29 is 5.32 Å². The summed E-state index contributed by atoms with van der Waals surface area (Å²) in [6.07, 6.45) is 2.13. The minimum atomic E-state index is 0.945. The number of aromatic nitrogens is 2. The van der Waals surface area contributed by atoms with Gasteiger partial charge in [-0.25, -0.2) is 4.68 Å². The van der Waals surface area contributed by atoms with Crippen molar-refractivity contribution in [2.24, 2.45) is 0 Å². The monoisotopic (exact) mass is 270 g/mol. The van der Waals surface area contributed by atoms with Gasteiger partial charge in [-0.1, -0.05) is 24.3 Å². The van der Waals surface area contributed by atoms with Gasteiger partial charge in [-0.3, -0.25) is 0 Å². The van der Waals surface area contributed by atoms with E-state index in [1.807, 2.05) is 22.9 Å². The molecule has 2 aromatic heterocycles. The molecule has 3 rings (SSSR count). The van der Waals surface area contributed by atoms with Crippen LogP contribution < -0.4 is 5.32 Å². The van der Waals surface area contributed by atoms with E-state index in [0.29, 0.717) is 0 Å². The number of nitrogens with two attached hydrogens (primary N) is 1. The van der Waals surface area contributed by atoms with Gasteiger partial charge in [0.25, 0.3) is 0 Å². The Morgan fingerprint density at radius 3 is 2.68 bits per heavy atom.